The lowest BCUT2D eigenvalue weighted by Crippen LogP contribution is -2.26. The number of carbonyl (C=O) groups excluding carboxylic acids is 1. The molecule has 0 fully saturated rings. The van der Waals surface area contributed by atoms with Gasteiger partial charge in [-0.1, -0.05) is 35.5 Å². The summed E-state index contributed by atoms with van der Waals surface area (Å²) in [6, 6.07) is 13.4. The van der Waals surface area contributed by atoms with E-state index >= 15 is 0 Å². The van der Waals surface area contributed by atoms with Gasteiger partial charge in [0.15, 0.2) is 0 Å². The molecule has 0 aliphatic rings. The Hall–Kier alpha value is -2.89. The number of amides is 1. The summed E-state index contributed by atoms with van der Waals surface area (Å²) < 4.78 is 10.7. The van der Waals surface area contributed by atoms with Crippen molar-refractivity contribution in [3.8, 4) is 11.4 Å². The molecule has 1 amide bonds. The van der Waals surface area contributed by atoms with Crippen LogP contribution in [0.15, 0.2) is 51.4 Å². The zero-order valence-electron chi connectivity index (χ0n) is 13.7. The van der Waals surface area contributed by atoms with E-state index in [1.807, 2.05) is 49.4 Å². The van der Waals surface area contributed by atoms with Crippen LogP contribution < -0.4 is 0 Å². The molecule has 0 spiro atoms. The first-order valence-corrected chi connectivity index (χ1v) is 7.79. The van der Waals surface area contributed by atoms with Crippen molar-refractivity contribution in [3.05, 3.63) is 59.9 Å². The van der Waals surface area contributed by atoms with Crippen molar-refractivity contribution in [2.45, 2.75) is 26.3 Å². The summed E-state index contributed by atoms with van der Waals surface area (Å²) in [6.45, 7) is 2.33. The molecule has 0 aliphatic carbocycles. The molecule has 2 aromatic heterocycles. The lowest BCUT2D eigenvalue weighted by Gasteiger charge is -2.14. The molecule has 0 saturated carbocycles. The minimum Gasteiger partial charge on any atom is -0.464 e. The average molecular weight is 325 g/mol. The predicted octanol–water partition coefficient (Wildman–Crippen LogP) is 3.23. The summed E-state index contributed by atoms with van der Waals surface area (Å²) in [6.07, 6.45) is 0.729. The van der Waals surface area contributed by atoms with Gasteiger partial charge < -0.3 is 13.8 Å². The van der Waals surface area contributed by atoms with Crippen LogP contribution >= 0.6 is 0 Å². The average Bonchev–Trinajstić information content (AvgIpc) is 3.22. The molecule has 24 heavy (non-hydrogen) atoms. The highest BCUT2D eigenvalue weighted by atomic mass is 16.5. The Morgan fingerprint density at radius 2 is 1.96 bits per heavy atom. The molecule has 6 nitrogen and oxygen atoms in total. The zero-order chi connectivity index (χ0) is 16.9. The first-order valence-electron chi connectivity index (χ1n) is 7.79. The molecule has 0 radical (unpaired) electrons. The number of hydrogen-bond acceptors (Lipinski definition) is 5. The van der Waals surface area contributed by atoms with Crippen LogP contribution in [0.1, 0.15) is 23.8 Å². The van der Waals surface area contributed by atoms with Crippen LogP contribution in [0, 0.1) is 6.92 Å². The SMILES string of the molecule is Cc1ccc(CN(C)C(=O)CCc2nc(-c3ccccc3)no2)o1. The van der Waals surface area contributed by atoms with E-state index in [1.54, 1.807) is 11.9 Å². The molecular weight excluding hydrogens is 306 g/mol. The van der Waals surface area contributed by atoms with E-state index in [0.29, 0.717) is 31.1 Å². The van der Waals surface area contributed by atoms with Crippen LogP contribution in [-0.2, 0) is 17.8 Å². The van der Waals surface area contributed by atoms with Crippen LogP contribution in [-0.4, -0.2) is 28.0 Å². The largest absolute Gasteiger partial charge is 0.464 e. The third-order valence-corrected chi connectivity index (χ3v) is 3.67. The van der Waals surface area contributed by atoms with E-state index in [0.717, 1.165) is 17.1 Å². The number of nitrogens with zero attached hydrogens (tertiary/aromatic N) is 3. The maximum atomic E-state index is 12.2. The van der Waals surface area contributed by atoms with E-state index < -0.39 is 0 Å². The van der Waals surface area contributed by atoms with Crippen molar-refractivity contribution in [3.63, 3.8) is 0 Å². The number of hydrogen-bond donors (Lipinski definition) is 0. The van der Waals surface area contributed by atoms with Crippen molar-refractivity contribution in [1.82, 2.24) is 15.0 Å². The Balaban J connectivity index is 1.53. The van der Waals surface area contributed by atoms with Crippen LogP contribution in [0.4, 0.5) is 0 Å². The molecule has 0 unspecified atom stereocenters. The van der Waals surface area contributed by atoms with Crippen LogP contribution in [0.3, 0.4) is 0 Å². The Morgan fingerprint density at radius 1 is 1.17 bits per heavy atom. The van der Waals surface area contributed by atoms with Gasteiger partial charge in [-0.3, -0.25) is 4.79 Å². The van der Waals surface area contributed by atoms with Crippen molar-refractivity contribution < 1.29 is 13.7 Å². The maximum Gasteiger partial charge on any atom is 0.227 e. The van der Waals surface area contributed by atoms with Gasteiger partial charge in [-0.15, -0.1) is 0 Å². The second kappa shape index (κ2) is 7.12. The fourth-order valence-electron chi connectivity index (χ4n) is 2.36. The van der Waals surface area contributed by atoms with Gasteiger partial charge in [0.1, 0.15) is 11.5 Å². The highest BCUT2D eigenvalue weighted by molar-refractivity contribution is 5.76. The number of furan rings is 1. The van der Waals surface area contributed by atoms with Gasteiger partial charge in [0.05, 0.1) is 6.54 Å². The number of carbonyl (C=O) groups is 1. The standard InChI is InChI=1S/C18H19N3O3/c1-13-8-9-15(23-13)12-21(2)17(22)11-10-16-19-18(20-24-16)14-6-4-3-5-7-14/h3-9H,10-12H2,1-2H3. The third-order valence-electron chi connectivity index (χ3n) is 3.67. The first kappa shape index (κ1) is 16.0. The zero-order valence-corrected chi connectivity index (χ0v) is 13.7. The normalized spacial score (nSPS) is 10.8. The molecule has 0 N–H and O–H groups in total. The van der Waals surface area contributed by atoms with Crippen LogP contribution in [0.5, 0.6) is 0 Å². The lowest BCUT2D eigenvalue weighted by molar-refractivity contribution is -0.130. The number of aromatic nitrogens is 2. The van der Waals surface area contributed by atoms with Crippen molar-refractivity contribution >= 4 is 5.91 Å². The topological polar surface area (TPSA) is 72.4 Å². The Morgan fingerprint density at radius 3 is 2.67 bits per heavy atom. The fraction of sp³-hybridized carbons (Fsp3) is 0.278. The number of aryl methyl sites for hydroxylation is 2. The Labute approximate surface area is 140 Å². The third kappa shape index (κ3) is 3.90. The molecule has 0 bridgehead atoms. The first-order chi connectivity index (χ1) is 11.6. The summed E-state index contributed by atoms with van der Waals surface area (Å²) in [4.78, 5) is 18.2. The van der Waals surface area contributed by atoms with Crippen molar-refractivity contribution in [2.24, 2.45) is 0 Å². The molecule has 124 valence electrons. The van der Waals surface area contributed by atoms with Crippen molar-refractivity contribution in [2.75, 3.05) is 7.05 Å². The second-order valence-corrected chi connectivity index (χ2v) is 5.64. The lowest BCUT2D eigenvalue weighted by atomic mass is 10.2. The summed E-state index contributed by atoms with van der Waals surface area (Å²) in [5.74, 6) is 2.61. The smallest absolute Gasteiger partial charge is 0.227 e. The molecule has 1 aromatic carbocycles. The predicted molar refractivity (Wildman–Crippen MR) is 88.0 cm³/mol. The Kier molecular flexibility index (Phi) is 4.74. The molecule has 2 heterocycles. The Bertz CT molecular complexity index is 808. The number of rotatable bonds is 6. The molecule has 3 aromatic rings. The molecule has 0 aliphatic heterocycles. The molecule has 6 heteroatoms. The minimum atomic E-state index is 0.00325. The number of benzene rings is 1. The van der Waals surface area contributed by atoms with Gasteiger partial charge in [0.25, 0.3) is 0 Å². The monoisotopic (exact) mass is 325 g/mol. The minimum absolute atomic E-state index is 0.00325. The van der Waals surface area contributed by atoms with E-state index in [1.165, 1.54) is 0 Å². The van der Waals surface area contributed by atoms with Crippen LogP contribution in [0.2, 0.25) is 0 Å². The molecular formula is C18H19N3O3. The van der Waals surface area contributed by atoms with Crippen molar-refractivity contribution in [1.29, 1.82) is 0 Å². The van der Waals surface area contributed by atoms with Gasteiger partial charge in [-0.2, -0.15) is 4.98 Å². The van der Waals surface area contributed by atoms with Gasteiger partial charge >= 0.3 is 0 Å². The molecule has 0 saturated heterocycles. The van der Waals surface area contributed by atoms with E-state index in [2.05, 4.69) is 10.1 Å². The van der Waals surface area contributed by atoms with E-state index in [-0.39, 0.29) is 5.91 Å². The quantitative estimate of drug-likeness (QED) is 0.696. The highest BCUT2D eigenvalue weighted by Gasteiger charge is 2.14. The van der Waals surface area contributed by atoms with Crippen LogP contribution in [0.25, 0.3) is 11.4 Å². The maximum absolute atomic E-state index is 12.2. The fourth-order valence-corrected chi connectivity index (χ4v) is 2.36. The second-order valence-electron chi connectivity index (χ2n) is 5.64. The highest BCUT2D eigenvalue weighted by Crippen LogP contribution is 2.16. The summed E-state index contributed by atoms with van der Waals surface area (Å²) in [5.41, 5.74) is 0.893. The molecule has 3 rings (SSSR count). The summed E-state index contributed by atoms with van der Waals surface area (Å²) in [7, 11) is 1.75. The van der Waals surface area contributed by atoms with Gasteiger partial charge in [-0.05, 0) is 19.1 Å². The van der Waals surface area contributed by atoms with E-state index in [4.69, 9.17) is 8.94 Å². The van der Waals surface area contributed by atoms with Gasteiger partial charge in [0, 0.05) is 25.5 Å². The van der Waals surface area contributed by atoms with E-state index in [9.17, 15) is 4.79 Å². The molecule has 0 atom stereocenters. The van der Waals surface area contributed by atoms with Gasteiger partial charge in [-0.25, -0.2) is 0 Å². The summed E-state index contributed by atoms with van der Waals surface area (Å²) >= 11 is 0. The summed E-state index contributed by atoms with van der Waals surface area (Å²) in [5, 5.41) is 3.95. The van der Waals surface area contributed by atoms with Gasteiger partial charge in [0.2, 0.25) is 17.6 Å².